The molecular weight excluding hydrogens is 372 g/mol. The Balaban J connectivity index is 1.71. The molecular formula is C26H20N2O2. The van der Waals surface area contributed by atoms with Gasteiger partial charge in [0.2, 0.25) is 5.78 Å². The maximum atomic E-state index is 13.1. The lowest BCUT2D eigenvalue weighted by atomic mass is 10.0. The third-order valence-electron chi connectivity index (χ3n) is 4.76. The summed E-state index contributed by atoms with van der Waals surface area (Å²) in [4.78, 5) is 25.6. The van der Waals surface area contributed by atoms with Gasteiger partial charge in [0.25, 0.3) is 0 Å². The van der Waals surface area contributed by atoms with Gasteiger partial charge in [0.1, 0.15) is 5.69 Å². The molecule has 0 aliphatic carbocycles. The van der Waals surface area contributed by atoms with Crippen molar-refractivity contribution in [2.75, 3.05) is 0 Å². The Morgan fingerprint density at radius 3 is 2.10 bits per heavy atom. The molecule has 4 heteroatoms. The van der Waals surface area contributed by atoms with E-state index in [0.717, 1.165) is 11.3 Å². The number of ketones is 2. The number of allylic oxidation sites excluding steroid dienone is 1. The summed E-state index contributed by atoms with van der Waals surface area (Å²) >= 11 is 0. The highest BCUT2D eigenvalue weighted by atomic mass is 16.1. The summed E-state index contributed by atoms with van der Waals surface area (Å²) < 4.78 is 1.66. The second kappa shape index (κ2) is 8.53. The summed E-state index contributed by atoms with van der Waals surface area (Å²) in [6.07, 6.45) is 4.91. The smallest absolute Gasteiger partial charge is 0.213 e. The minimum atomic E-state index is -0.187. The maximum Gasteiger partial charge on any atom is 0.213 e. The number of aromatic nitrogens is 2. The Hall–Kier alpha value is -4.05. The number of carbonyl (C=O) groups excluding carboxylic acids is 2. The van der Waals surface area contributed by atoms with Crippen molar-refractivity contribution in [1.29, 1.82) is 0 Å². The van der Waals surface area contributed by atoms with Crippen molar-refractivity contribution in [3.05, 3.63) is 125 Å². The Morgan fingerprint density at radius 2 is 1.43 bits per heavy atom. The molecule has 4 aromatic rings. The Labute approximate surface area is 175 Å². The fourth-order valence-corrected chi connectivity index (χ4v) is 3.10. The van der Waals surface area contributed by atoms with Crippen LogP contribution in [-0.4, -0.2) is 21.3 Å². The highest BCUT2D eigenvalue weighted by Crippen LogP contribution is 2.18. The van der Waals surface area contributed by atoms with Crippen LogP contribution in [0.1, 0.15) is 37.5 Å². The van der Waals surface area contributed by atoms with Crippen LogP contribution in [0.5, 0.6) is 0 Å². The maximum absolute atomic E-state index is 13.1. The minimum Gasteiger partial charge on any atom is -0.289 e. The first kappa shape index (κ1) is 19.3. The van der Waals surface area contributed by atoms with Gasteiger partial charge in [-0.15, -0.1) is 0 Å². The fourth-order valence-electron chi connectivity index (χ4n) is 3.10. The van der Waals surface area contributed by atoms with Crippen molar-refractivity contribution >= 4 is 17.6 Å². The Kier molecular flexibility index (Phi) is 5.48. The SMILES string of the molecule is Cc1ccc(C(=O)C=Cc2cn(-c3ccccc3)nc2C(=O)c2ccccc2)cc1. The molecule has 146 valence electrons. The zero-order valence-electron chi connectivity index (χ0n) is 16.5. The number of para-hydroxylation sites is 1. The molecule has 0 radical (unpaired) electrons. The zero-order valence-corrected chi connectivity index (χ0v) is 16.5. The lowest BCUT2D eigenvalue weighted by Gasteiger charge is -2.00. The van der Waals surface area contributed by atoms with Crippen LogP contribution in [0, 0.1) is 6.92 Å². The Bertz CT molecular complexity index is 1210. The van der Waals surface area contributed by atoms with Gasteiger partial charge in [0.05, 0.1) is 5.69 Å². The summed E-state index contributed by atoms with van der Waals surface area (Å²) in [5.41, 5.74) is 3.98. The molecule has 4 nitrogen and oxygen atoms in total. The molecule has 0 N–H and O–H groups in total. The molecule has 0 unspecified atom stereocenters. The molecule has 0 bridgehead atoms. The van der Waals surface area contributed by atoms with Crippen LogP contribution >= 0.6 is 0 Å². The summed E-state index contributed by atoms with van der Waals surface area (Å²) in [7, 11) is 0. The molecule has 1 heterocycles. The predicted molar refractivity (Wildman–Crippen MR) is 118 cm³/mol. The van der Waals surface area contributed by atoms with Gasteiger partial charge in [0, 0.05) is 22.9 Å². The first-order valence-corrected chi connectivity index (χ1v) is 9.66. The molecule has 0 aliphatic rings. The van der Waals surface area contributed by atoms with Crippen LogP contribution < -0.4 is 0 Å². The highest BCUT2D eigenvalue weighted by molar-refractivity contribution is 6.11. The number of benzene rings is 3. The van der Waals surface area contributed by atoms with Crippen LogP contribution in [0.4, 0.5) is 0 Å². The lowest BCUT2D eigenvalue weighted by Crippen LogP contribution is -2.05. The monoisotopic (exact) mass is 392 g/mol. The first-order valence-electron chi connectivity index (χ1n) is 9.66. The van der Waals surface area contributed by atoms with E-state index in [-0.39, 0.29) is 11.6 Å². The topological polar surface area (TPSA) is 52.0 Å². The second-order valence-corrected chi connectivity index (χ2v) is 6.97. The van der Waals surface area contributed by atoms with Gasteiger partial charge < -0.3 is 0 Å². The van der Waals surface area contributed by atoms with E-state index in [4.69, 9.17) is 0 Å². The first-order chi connectivity index (χ1) is 14.6. The average Bonchev–Trinajstić information content (AvgIpc) is 3.23. The van der Waals surface area contributed by atoms with Crippen LogP contribution in [0.15, 0.2) is 97.2 Å². The van der Waals surface area contributed by atoms with E-state index in [1.54, 1.807) is 41.2 Å². The van der Waals surface area contributed by atoms with Crippen LogP contribution in [0.3, 0.4) is 0 Å². The summed E-state index contributed by atoms with van der Waals surface area (Å²) in [6, 6.07) is 26.0. The van der Waals surface area contributed by atoms with Crippen LogP contribution in [0.2, 0.25) is 0 Å². The van der Waals surface area contributed by atoms with Crippen LogP contribution in [0.25, 0.3) is 11.8 Å². The number of aryl methyl sites for hydroxylation is 1. The summed E-state index contributed by atoms with van der Waals surface area (Å²) in [6.45, 7) is 1.98. The number of hydrogen-bond donors (Lipinski definition) is 0. The molecule has 0 atom stereocenters. The number of rotatable bonds is 6. The van der Waals surface area contributed by atoms with Gasteiger partial charge in [0.15, 0.2) is 5.78 Å². The predicted octanol–water partition coefficient (Wildman–Crippen LogP) is 5.31. The largest absolute Gasteiger partial charge is 0.289 e. The molecule has 0 amide bonds. The van der Waals surface area contributed by atoms with Crippen molar-refractivity contribution in [1.82, 2.24) is 9.78 Å². The number of hydrogen-bond acceptors (Lipinski definition) is 3. The third kappa shape index (κ3) is 4.18. The molecule has 0 saturated heterocycles. The van der Waals surface area contributed by atoms with Gasteiger partial charge in [-0.1, -0.05) is 78.4 Å². The molecule has 4 rings (SSSR count). The van der Waals surface area contributed by atoms with E-state index >= 15 is 0 Å². The average molecular weight is 392 g/mol. The van der Waals surface area contributed by atoms with Crippen molar-refractivity contribution in [2.45, 2.75) is 6.92 Å². The molecule has 3 aromatic carbocycles. The number of carbonyl (C=O) groups is 2. The fraction of sp³-hybridized carbons (Fsp3) is 0.0385. The van der Waals surface area contributed by atoms with Crippen molar-refractivity contribution in [2.24, 2.45) is 0 Å². The lowest BCUT2D eigenvalue weighted by molar-refractivity contribution is 0.102. The van der Waals surface area contributed by atoms with E-state index in [1.807, 2.05) is 67.6 Å². The van der Waals surface area contributed by atoms with Crippen molar-refractivity contribution in [3.8, 4) is 5.69 Å². The molecule has 0 spiro atoms. The van der Waals surface area contributed by atoms with Gasteiger partial charge >= 0.3 is 0 Å². The van der Waals surface area contributed by atoms with Gasteiger partial charge in [-0.2, -0.15) is 5.10 Å². The molecule has 0 saturated carbocycles. The van der Waals surface area contributed by atoms with E-state index in [2.05, 4.69) is 5.10 Å². The van der Waals surface area contributed by atoms with Crippen molar-refractivity contribution in [3.63, 3.8) is 0 Å². The van der Waals surface area contributed by atoms with Gasteiger partial charge in [-0.3, -0.25) is 9.59 Å². The standard InChI is InChI=1S/C26H20N2O2/c1-19-12-14-20(15-13-19)24(29)17-16-22-18-28(23-10-6-3-7-11-23)27-25(22)26(30)21-8-4-2-5-9-21/h2-18H,1H3. The normalized spacial score (nSPS) is 11.0. The van der Waals surface area contributed by atoms with E-state index < -0.39 is 0 Å². The highest BCUT2D eigenvalue weighted by Gasteiger charge is 2.18. The molecule has 1 aromatic heterocycles. The molecule has 0 aliphatic heterocycles. The van der Waals surface area contributed by atoms with Gasteiger partial charge in [-0.05, 0) is 31.2 Å². The summed E-state index contributed by atoms with van der Waals surface area (Å²) in [5, 5.41) is 4.52. The number of nitrogens with zero attached hydrogens (tertiary/aromatic N) is 2. The summed E-state index contributed by atoms with van der Waals surface area (Å²) in [5.74, 6) is -0.312. The molecule has 30 heavy (non-hydrogen) atoms. The molecule has 0 fully saturated rings. The minimum absolute atomic E-state index is 0.124. The van der Waals surface area contributed by atoms with Crippen LogP contribution in [-0.2, 0) is 0 Å². The zero-order chi connectivity index (χ0) is 20.9. The van der Waals surface area contributed by atoms with Gasteiger partial charge in [-0.25, -0.2) is 4.68 Å². The quantitative estimate of drug-likeness (QED) is 0.330. The third-order valence-corrected chi connectivity index (χ3v) is 4.76. The second-order valence-electron chi connectivity index (χ2n) is 6.97. The van der Waals surface area contributed by atoms with E-state index in [0.29, 0.717) is 22.4 Å². The van der Waals surface area contributed by atoms with E-state index in [9.17, 15) is 9.59 Å². The van der Waals surface area contributed by atoms with Crippen molar-refractivity contribution < 1.29 is 9.59 Å². The Morgan fingerprint density at radius 1 is 0.800 bits per heavy atom. The van der Waals surface area contributed by atoms with E-state index in [1.165, 1.54) is 6.08 Å².